The fourth-order valence-corrected chi connectivity index (χ4v) is 2.67. The largest absolute Gasteiger partial charge is 0.268 e. The van der Waals surface area contributed by atoms with Crippen LogP contribution in [0.15, 0.2) is 0 Å². The van der Waals surface area contributed by atoms with Crippen LogP contribution in [0.4, 0.5) is 0 Å². The number of aromatic nitrogens is 2. The summed E-state index contributed by atoms with van der Waals surface area (Å²) in [6, 6.07) is 0. The van der Waals surface area contributed by atoms with Crippen molar-refractivity contribution in [3.63, 3.8) is 0 Å². The van der Waals surface area contributed by atoms with Crippen molar-refractivity contribution in [2.75, 3.05) is 5.88 Å². The van der Waals surface area contributed by atoms with Crippen molar-refractivity contribution in [2.24, 2.45) is 11.3 Å². The van der Waals surface area contributed by atoms with E-state index in [1.807, 2.05) is 11.6 Å². The van der Waals surface area contributed by atoms with Gasteiger partial charge in [-0.05, 0) is 31.6 Å². The Labute approximate surface area is 114 Å². The molecule has 0 aromatic carbocycles. The molecule has 0 aliphatic carbocycles. The van der Waals surface area contributed by atoms with Gasteiger partial charge in [0.15, 0.2) is 0 Å². The number of halogens is 2. The Morgan fingerprint density at radius 3 is 2.35 bits per heavy atom. The second-order valence-corrected chi connectivity index (χ2v) is 6.27. The highest BCUT2D eigenvalue weighted by Crippen LogP contribution is 2.32. The van der Waals surface area contributed by atoms with E-state index in [-0.39, 0.29) is 5.41 Å². The highest BCUT2D eigenvalue weighted by Gasteiger charge is 2.26. The van der Waals surface area contributed by atoms with E-state index in [9.17, 15) is 0 Å². The van der Waals surface area contributed by atoms with Gasteiger partial charge in [0.25, 0.3) is 0 Å². The summed E-state index contributed by atoms with van der Waals surface area (Å²) >= 11 is 12.4. The Morgan fingerprint density at radius 1 is 1.35 bits per heavy atom. The van der Waals surface area contributed by atoms with E-state index in [0.717, 1.165) is 29.4 Å². The molecule has 0 bridgehead atoms. The van der Waals surface area contributed by atoms with Crippen molar-refractivity contribution in [1.29, 1.82) is 0 Å². The highest BCUT2D eigenvalue weighted by atomic mass is 35.5. The molecule has 0 spiro atoms. The van der Waals surface area contributed by atoms with Gasteiger partial charge in [0.1, 0.15) is 0 Å². The lowest BCUT2D eigenvalue weighted by molar-refractivity contribution is 0.259. The van der Waals surface area contributed by atoms with Crippen LogP contribution >= 0.6 is 23.2 Å². The molecule has 2 nitrogen and oxygen atoms in total. The molecule has 1 atom stereocenters. The Bertz CT molecular complexity index is 378. The second-order valence-electron chi connectivity index (χ2n) is 5.58. The molecule has 0 amide bonds. The predicted molar refractivity (Wildman–Crippen MR) is 75.0 cm³/mol. The molecule has 17 heavy (non-hydrogen) atoms. The van der Waals surface area contributed by atoms with Crippen LogP contribution in [0, 0.1) is 18.3 Å². The number of hydrogen-bond donors (Lipinski definition) is 0. The molecule has 0 N–H and O–H groups in total. The van der Waals surface area contributed by atoms with Crippen molar-refractivity contribution < 1.29 is 0 Å². The molecule has 0 aliphatic heterocycles. The molecular weight excluding hydrogens is 255 g/mol. The molecule has 1 unspecified atom stereocenters. The quantitative estimate of drug-likeness (QED) is 0.750. The van der Waals surface area contributed by atoms with Crippen LogP contribution in [0.1, 0.15) is 39.1 Å². The summed E-state index contributed by atoms with van der Waals surface area (Å²) in [7, 11) is 0. The van der Waals surface area contributed by atoms with Crippen LogP contribution in [0.5, 0.6) is 0 Å². The van der Waals surface area contributed by atoms with E-state index in [0.29, 0.717) is 11.8 Å². The van der Waals surface area contributed by atoms with Crippen molar-refractivity contribution >= 4 is 23.2 Å². The van der Waals surface area contributed by atoms with Crippen molar-refractivity contribution in [3.8, 4) is 0 Å². The van der Waals surface area contributed by atoms with Crippen LogP contribution < -0.4 is 0 Å². The van der Waals surface area contributed by atoms with Crippen LogP contribution in [0.2, 0.25) is 5.02 Å². The minimum absolute atomic E-state index is 0.182. The van der Waals surface area contributed by atoms with Gasteiger partial charge >= 0.3 is 0 Å². The summed E-state index contributed by atoms with van der Waals surface area (Å²) in [5, 5.41) is 5.24. The Balaban J connectivity index is 3.01. The average molecular weight is 277 g/mol. The lowest BCUT2D eigenvalue weighted by Gasteiger charge is -2.29. The third-order valence-electron chi connectivity index (χ3n) is 3.30. The smallest absolute Gasteiger partial charge is 0.0847 e. The Kier molecular flexibility index (Phi) is 4.91. The van der Waals surface area contributed by atoms with Crippen LogP contribution in [0.25, 0.3) is 0 Å². The minimum atomic E-state index is 0.182. The van der Waals surface area contributed by atoms with Gasteiger partial charge in [0.05, 0.1) is 16.4 Å². The predicted octanol–water partition coefficient (Wildman–Crippen LogP) is 4.31. The molecule has 0 aliphatic rings. The number of aryl methyl sites for hydroxylation is 2. The zero-order valence-corrected chi connectivity index (χ0v) is 12.9. The lowest BCUT2D eigenvalue weighted by Crippen LogP contribution is -2.25. The first-order valence-electron chi connectivity index (χ1n) is 6.09. The molecule has 0 fully saturated rings. The molecule has 0 saturated heterocycles. The number of rotatable bonds is 4. The number of hydrogen-bond acceptors (Lipinski definition) is 1. The molecule has 1 heterocycles. The van der Waals surface area contributed by atoms with Gasteiger partial charge in [0, 0.05) is 12.4 Å². The SMILES string of the molecule is CCn1nc(C)c(Cl)c1CC(CCl)C(C)(C)C. The molecule has 1 rings (SSSR count). The summed E-state index contributed by atoms with van der Waals surface area (Å²) in [4.78, 5) is 0. The first kappa shape index (κ1) is 14.8. The van der Waals surface area contributed by atoms with E-state index >= 15 is 0 Å². The third kappa shape index (κ3) is 3.38. The fraction of sp³-hybridized carbons (Fsp3) is 0.769. The topological polar surface area (TPSA) is 17.8 Å². The first-order valence-corrected chi connectivity index (χ1v) is 7.00. The molecular formula is C13H22Cl2N2. The maximum absolute atomic E-state index is 6.32. The maximum Gasteiger partial charge on any atom is 0.0847 e. The van der Waals surface area contributed by atoms with Crippen molar-refractivity contribution in [2.45, 2.75) is 47.6 Å². The van der Waals surface area contributed by atoms with Gasteiger partial charge in [-0.1, -0.05) is 32.4 Å². The number of nitrogens with zero attached hydrogens (tertiary/aromatic N) is 2. The Morgan fingerprint density at radius 2 is 1.94 bits per heavy atom. The maximum atomic E-state index is 6.32. The van der Waals surface area contributed by atoms with Crippen molar-refractivity contribution in [3.05, 3.63) is 16.4 Å². The normalized spacial score (nSPS) is 14.1. The van der Waals surface area contributed by atoms with Gasteiger partial charge in [-0.3, -0.25) is 4.68 Å². The molecule has 1 aromatic rings. The zero-order chi connectivity index (χ0) is 13.2. The fourth-order valence-electron chi connectivity index (χ4n) is 1.89. The Hall–Kier alpha value is -0.210. The second kappa shape index (κ2) is 5.62. The first-order chi connectivity index (χ1) is 7.81. The summed E-state index contributed by atoms with van der Waals surface area (Å²) < 4.78 is 1.99. The molecule has 4 heteroatoms. The summed E-state index contributed by atoms with van der Waals surface area (Å²) in [5.74, 6) is 1.05. The summed E-state index contributed by atoms with van der Waals surface area (Å²) in [5.41, 5.74) is 2.21. The monoisotopic (exact) mass is 276 g/mol. The van der Waals surface area contributed by atoms with E-state index in [1.54, 1.807) is 0 Å². The van der Waals surface area contributed by atoms with Crippen LogP contribution in [-0.2, 0) is 13.0 Å². The molecule has 0 saturated carbocycles. The van der Waals surface area contributed by atoms with Crippen molar-refractivity contribution in [1.82, 2.24) is 9.78 Å². The standard InChI is InChI=1S/C13H22Cl2N2/c1-6-17-11(12(15)9(2)16-17)7-10(8-14)13(3,4)5/h10H,6-8H2,1-5H3. The van der Waals surface area contributed by atoms with E-state index < -0.39 is 0 Å². The van der Waals surface area contributed by atoms with E-state index in [1.165, 1.54) is 0 Å². The minimum Gasteiger partial charge on any atom is -0.268 e. The van der Waals surface area contributed by atoms with Gasteiger partial charge < -0.3 is 0 Å². The van der Waals surface area contributed by atoms with Crippen LogP contribution in [0.3, 0.4) is 0 Å². The summed E-state index contributed by atoms with van der Waals surface area (Å²) in [6.45, 7) is 11.5. The van der Waals surface area contributed by atoms with Crippen LogP contribution in [-0.4, -0.2) is 15.7 Å². The highest BCUT2D eigenvalue weighted by molar-refractivity contribution is 6.31. The third-order valence-corrected chi connectivity index (χ3v) is 4.17. The summed E-state index contributed by atoms with van der Waals surface area (Å²) in [6.07, 6.45) is 0.889. The molecule has 1 aromatic heterocycles. The lowest BCUT2D eigenvalue weighted by atomic mass is 9.79. The average Bonchev–Trinajstić information content (AvgIpc) is 2.50. The van der Waals surface area contributed by atoms with Gasteiger partial charge in [-0.15, -0.1) is 11.6 Å². The van der Waals surface area contributed by atoms with E-state index in [2.05, 4.69) is 32.8 Å². The number of alkyl halides is 1. The molecule has 98 valence electrons. The zero-order valence-electron chi connectivity index (χ0n) is 11.3. The van der Waals surface area contributed by atoms with Gasteiger partial charge in [-0.25, -0.2) is 0 Å². The van der Waals surface area contributed by atoms with E-state index in [4.69, 9.17) is 23.2 Å². The van der Waals surface area contributed by atoms with Gasteiger partial charge in [0.2, 0.25) is 0 Å². The molecule has 0 radical (unpaired) electrons. The van der Waals surface area contributed by atoms with Gasteiger partial charge in [-0.2, -0.15) is 5.10 Å².